The van der Waals surface area contributed by atoms with Crippen molar-refractivity contribution in [2.75, 3.05) is 53.0 Å². The number of unbranched alkanes of at least 4 members (excludes halogenated alkanes) is 1. The second-order valence-electron chi connectivity index (χ2n) is 10.2. The van der Waals surface area contributed by atoms with Crippen LogP contribution < -0.4 is 0 Å². The summed E-state index contributed by atoms with van der Waals surface area (Å²) in [6.07, 6.45) is -2.52. The molecule has 2 saturated heterocycles. The number of alkyl halides is 3. The molecule has 208 valence electrons. The average molecular weight is 556 g/mol. The normalized spacial score (nSPS) is 20.9. The SMILES string of the molecule is CN(Cc1ccc(C(F)(F)F)c(F)c1)[C@H]1CN(C(=O)CCCCN2CCOCC2)C[C@@H]1c1cccc(Cl)c1. The highest BCUT2D eigenvalue weighted by Crippen LogP contribution is 2.34. The number of halogens is 5. The monoisotopic (exact) mass is 555 g/mol. The first-order valence-electron chi connectivity index (χ1n) is 13.0. The van der Waals surface area contributed by atoms with Crippen LogP contribution in [0.3, 0.4) is 0 Å². The maximum absolute atomic E-state index is 14.2. The molecule has 2 aromatic carbocycles. The van der Waals surface area contributed by atoms with Gasteiger partial charge in [-0.25, -0.2) is 4.39 Å². The van der Waals surface area contributed by atoms with Gasteiger partial charge in [-0.2, -0.15) is 13.2 Å². The van der Waals surface area contributed by atoms with E-state index < -0.39 is 17.6 Å². The van der Waals surface area contributed by atoms with Crippen molar-refractivity contribution in [1.82, 2.24) is 14.7 Å². The van der Waals surface area contributed by atoms with Gasteiger partial charge in [-0.05, 0) is 61.8 Å². The van der Waals surface area contributed by atoms with E-state index in [1.54, 1.807) is 6.07 Å². The number of likely N-dealkylation sites (N-methyl/N-ethyl adjacent to an activating group) is 1. The van der Waals surface area contributed by atoms with Gasteiger partial charge in [0.2, 0.25) is 5.91 Å². The number of morpholine rings is 1. The standard InChI is InChI=1S/C28H34ClF4N3O2/c1-34(17-20-8-9-24(25(30)15-20)28(31,32)33)26-19-36(18-23(26)21-5-4-6-22(29)16-21)27(37)7-2-3-10-35-11-13-38-14-12-35/h4-6,8-9,15-16,23,26H,2-3,7,10-14,17-19H2,1H3/t23-,26+/m1/s1. The molecule has 2 aliphatic rings. The topological polar surface area (TPSA) is 36.0 Å². The summed E-state index contributed by atoms with van der Waals surface area (Å²) in [5, 5.41) is 0.599. The lowest BCUT2D eigenvalue weighted by molar-refractivity contribution is -0.140. The zero-order valence-electron chi connectivity index (χ0n) is 21.5. The van der Waals surface area contributed by atoms with Crippen LogP contribution in [0, 0.1) is 5.82 Å². The van der Waals surface area contributed by atoms with Crippen LogP contribution in [-0.2, 0) is 22.3 Å². The van der Waals surface area contributed by atoms with E-state index in [9.17, 15) is 22.4 Å². The highest BCUT2D eigenvalue weighted by atomic mass is 35.5. The summed E-state index contributed by atoms with van der Waals surface area (Å²) < 4.78 is 58.5. The Labute approximate surface area is 226 Å². The van der Waals surface area contributed by atoms with Gasteiger partial charge >= 0.3 is 6.18 Å². The van der Waals surface area contributed by atoms with Crippen LogP contribution in [-0.4, -0.2) is 79.6 Å². The summed E-state index contributed by atoms with van der Waals surface area (Å²) in [4.78, 5) is 19.3. The number of nitrogens with zero attached hydrogens (tertiary/aromatic N) is 3. The number of rotatable bonds is 9. The van der Waals surface area contributed by atoms with E-state index in [1.807, 2.05) is 35.0 Å². The van der Waals surface area contributed by atoms with Crippen molar-refractivity contribution in [3.63, 3.8) is 0 Å². The zero-order valence-corrected chi connectivity index (χ0v) is 22.3. The minimum absolute atomic E-state index is 0.0321. The summed E-state index contributed by atoms with van der Waals surface area (Å²) in [7, 11) is 1.86. The lowest BCUT2D eigenvalue weighted by Crippen LogP contribution is -2.38. The molecule has 0 unspecified atom stereocenters. The molecule has 1 amide bonds. The Hall–Kier alpha value is -2.20. The molecule has 10 heteroatoms. The van der Waals surface area contributed by atoms with Gasteiger partial charge in [-0.1, -0.05) is 29.8 Å². The Balaban J connectivity index is 1.41. The van der Waals surface area contributed by atoms with Crippen molar-refractivity contribution in [1.29, 1.82) is 0 Å². The van der Waals surface area contributed by atoms with Gasteiger partial charge in [0, 0.05) is 56.1 Å². The predicted octanol–water partition coefficient (Wildman–Crippen LogP) is 5.43. The van der Waals surface area contributed by atoms with Crippen LogP contribution in [0.1, 0.15) is 41.9 Å². The van der Waals surface area contributed by atoms with Gasteiger partial charge < -0.3 is 9.64 Å². The van der Waals surface area contributed by atoms with E-state index >= 15 is 0 Å². The maximum Gasteiger partial charge on any atom is 0.419 e. The van der Waals surface area contributed by atoms with Crippen molar-refractivity contribution >= 4 is 17.5 Å². The molecule has 2 heterocycles. The van der Waals surface area contributed by atoms with Crippen molar-refractivity contribution in [2.24, 2.45) is 0 Å². The third-order valence-corrected chi connectivity index (χ3v) is 7.71. The molecule has 4 rings (SSSR count). The summed E-state index contributed by atoms with van der Waals surface area (Å²) in [6.45, 7) is 5.58. The zero-order chi connectivity index (χ0) is 27.3. The van der Waals surface area contributed by atoms with Crippen LogP contribution >= 0.6 is 11.6 Å². The van der Waals surface area contributed by atoms with Crippen LogP contribution in [0.4, 0.5) is 17.6 Å². The number of amides is 1. The minimum Gasteiger partial charge on any atom is -0.379 e. The molecular weight excluding hydrogens is 522 g/mol. The maximum atomic E-state index is 14.2. The van der Waals surface area contributed by atoms with E-state index in [2.05, 4.69) is 4.90 Å². The van der Waals surface area contributed by atoms with Crippen LogP contribution in [0.15, 0.2) is 42.5 Å². The third-order valence-electron chi connectivity index (χ3n) is 7.47. The molecule has 0 spiro atoms. The second kappa shape index (κ2) is 12.8. The van der Waals surface area contributed by atoms with Crippen LogP contribution in [0.25, 0.3) is 0 Å². The largest absolute Gasteiger partial charge is 0.419 e. The molecule has 5 nitrogen and oxygen atoms in total. The number of ether oxygens (including phenoxy) is 1. The quantitative estimate of drug-likeness (QED) is 0.305. The number of carbonyl (C=O) groups excluding carboxylic acids is 1. The average Bonchev–Trinajstić information content (AvgIpc) is 3.32. The van der Waals surface area contributed by atoms with E-state index in [1.165, 1.54) is 6.07 Å². The molecule has 2 aliphatic heterocycles. The predicted molar refractivity (Wildman–Crippen MR) is 139 cm³/mol. The Kier molecular flexibility index (Phi) is 9.68. The Morgan fingerprint density at radius 3 is 2.55 bits per heavy atom. The van der Waals surface area contributed by atoms with Gasteiger partial charge in [0.1, 0.15) is 5.82 Å². The summed E-state index contributed by atoms with van der Waals surface area (Å²) >= 11 is 6.26. The first kappa shape index (κ1) is 28.8. The molecule has 0 saturated carbocycles. The van der Waals surface area contributed by atoms with Gasteiger partial charge in [-0.3, -0.25) is 14.6 Å². The molecule has 0 N–H and O–H groups in total. The fraction of sp³-hybridized carbons (Fsp3) is 0.536. The molecule has 0 aromatic heterocycles. The molecule has 2 atom stereocenters. The molecule has 0 bridgehead atoms. The number of hydrogen-bond acceptors (Lipinski definition) is 4. The Bertz CT molecular complexity index is 1090. The summed E-state index contributed by atoms with van der Waals surface area (Å²) in [5.41, 5.74) is 0.165. The van der Waals surface area contributed by atoms with E-state index in [0.717, 1.165) is 63.4 Å². The Morgan fingerprint density at radius 1 is 1.11 bits per heavy atom. The highest BCUT2D eigenvalue weighted by molar-refractivity contribution is 6.30. The molecule has 38 heavy (non-hydrogen) atoms. The van der Waals surface area contributed by atoms with Crippen molar-refractivity contribution in [3.8, 4) is 0 Å². The number of carbonyl (C=O) groups is 1. The smallest absolute Gasteiger partial charge is 0.379 e. The van der Waals surface area contributed by atoms with Crippen LogP contribution in [0.2, 0.25) is 5.02 Å². The van der Waals surface area contributed by atoms with Crippen molar-refractivity contribution in [3.05, 3.63) is 70.0 Å². The van der Waals surface area contributed by atoms with E-state index in [4.69, 9.17) is 16.3 Å². The van der Waals surface area contributed by atoms with E-state index in [0.29, 0.717) is 30.1 Å². The van der Waals surface area contributed by atoms with Gasteiger partial charge in [0.25, 0.3) is 0 Å². The highest BCUT2D eigenvalue weighted by Gasteiger charge is 2.39. The number of likely N-dealkylation sites (tertiary alicyclic amines) is 1. The van der Waals surface area contributed by atoms with Gasteiger partial charge in [0.15, 0.2) is 0 Å². The first-order valence-corrected chi connectivity index (χ1v) is 13.4. The van der Waals surface area contributed by atoms with Gasteiger partial charge in [-0.15, -0.1) is 0 Å². The fourth-order valence-corrected chi connectivity index (χ4v) is 5.59. The first-order chi connectivity index (χ1) is 18.1. The van der Waals surface area contributed by atoms with Crippen molar-refractivity contribution in [2.45, 2.75) is 43.9 Å². The summed E-state index contributed by atoms with van der Waals surface area (Å²) in [5.74, 6) is -1.22. The lowest BCUT2D eigenvalue weighted by Gasteiger charge is -2.29. The van der Waals surface area contributed by atoms with Crippen molar-refractivity contribution < 1.29 is 27.1 Å². The second-order valence-corrected chi connectivity index (χ2v) is 10.6. The minimum atomic E-state index is -4.74. The number of hydrogen-bond donors (Lipinski definition) is 0. The van der Waals surface area contributed by atoms with Gasteiger partial charge in [0.05, 0.1) is 18.8 Å². The molecule has 0 radical (unpaired) electrons. The van der Waals surface area contributed by atoms with Crippen LogP contribution in [0.5, 0.6) is 0 Å². The molecule has 2 aromatic rings. The third kappa shape index (κ3) is 7.46. The fourth-order valence-electron chi connectivity index (χ4n) is 5.39. The Morgan fingerprint density at radius 2 is 1.87 bits per heavy atom. The van der Waals surface area contributed by atoms with E-state index in [-0.39, 0.29) is 24.4 Å². The summed E-state index contributed by atoms with van der Waals surface area (Å²) in [6, 6.07) is 10.5. The lowest BCUT2D eigenvalue weighted by atomic mass is 9.93. The number of benzene rings is 2. The molecular formula is C28H34ClF4N3O2. The molecule has 0 aliphatic carbocycles. The molecule has 2 fully saturated rings.